The van der Waals surface area contributed by atoms with Crippen molar-refractivity contribution >= 4 is 17.2 Å². The van der Waals surface area contributed by atoms with Crippen LogP contribution in [-0.2, 0) is 28.8 Å². The van der Waals surface area contributed by atoms with Gasteiger partial charge in [0.25, 0.3) is 0 Å². The predicted octanol–water partition coefficient (Wildman–Crippen LogP) is 3.49. The first-order valence-corrected chi connectivity index (χ1v) is 11.0. The molecule has 2 aliphatic rings. The number of thiazole rings is 1. The molecule has 0 radical (unpaired) electrons. The van der Waals surface area contributed by atoms with E-state index in [2.05, 4.69) is 23.2 Å². The van der Waals surface area contributed by atoms with Crippen molar-refractivity contribution in [3.05, 3.63) is 44.9 Å². The third kappa shape index (κ3) is 4.55. The largest absolute Gasteiger partial charge is 0.491 e. The lowest BCUT2D eigenvalue weighted by Crippen LogP contribution is -2.48. The van der Waals surface area contributed by atoms with E-state index in [0.29, 0.717) is 32.7 Å². The summed E-state index contributed by atoms with van der Waals surface area (Å²) in [6.45, 7) is 6.25. The van der Waals surface area contributed by atoms with E-state index in [-0.39, 0.29) is 12.0 Å². The Bertz CT molecular complexity index is 848. The van der Waals surface area contributed by atoms with E-state index in [9.17, 15) is 4.79 Å². The third-order valence-corrected chi connectivity index (χ3v) is 6.49. The minimum atomic E-state index is -0.0907. The van der Waals surface area contributed by atoms with E-state index < -0.39 is 0 Å². The minimum Gasteiger partial charge on any atom is -0.491 e. The average molecular weight is 401 g/mol. The van der Waals surface area contributed by atoms with Crippen molar-refractivity contribution in [2.75, 3.05) is 26.3 Å². The lowest BCUT2D eigenvalue weighted by Gasteiger charge is -2.33. The fraction of sp³-hybridized carbons (Fsp3) is 0.545. The van der Waals surface area contributed by atoms with Gasteiger partial charge in [-0.1, -0.05) is 6.07 Å². The van der Waals surface area contributed by atoms with Gasteiger partial charge in [-0.3, -0.25) is 4.79 Å². The van der Waals surface area contributed by atoms with Crippen LogP contribution in [0.25, 0.3) is 0 Å². The molecule has 0 N–H and O–H groups in total. The molecule has 1 aliphatic carbocycles. The molecule has 1 aromatic heterocycles. The molecule has 0 bridgehead atoms. The summed E-state index contributed by atoms with van der Waals surface area (Å²) in [6.07, 6.45) is 5.14. The molecule has 0 spiro atoms. The lowest BCUT2D eigenvalue weighted by atomic mass is 9.92. The smallest absolute Gasteiger partial charge is 0.228 e. The Kier molecular flexibility index (Phi) is 5.97. The second-order valence-electron chi connectivity index (χ2n) is 7.69. The van der Waals surface area contributed by atoms with Gasteiger partial charge in [-0.2, -0.15) is 0 Å². The molecule has 6 heteroatoms. The van der Waals surface area contributed by atoms with E-state index in [0.717, 1.165) is 27.7 Å². The Morgan fingerprint density at radius 2 is 2.11 bits per heavy atom. The van der Waals surface area contributed by atoms with Gasteiger partial charge < -0.3 is 14.4 Å². The van der Waals surface area contributed by atoms with E-state index in [1.165, 1.54) is 30.4 Å². The molecule has 1 unspecified atom stereocenters. The number of carbonyl (C=O) groups excluding carboxylic acids is 1. The highest BCUT2D eigenvalue weighted by Gasteiger charge is 2.26. The van der Waals surface area contributed by atoms with Gasteiger partial charge in [-0.05, 0) is 62.8 Å². The molecule has 1 aromatic carbocycles. The van der Waals surface area contributed by atoms with Crippen LogP contribution in [0.1, 0.15) is 39.5 Å². The van der Waals surface area contributed by atoms with E-state index in [1.807, 2.05) is 18.7 Å². The summed E-state index contributed by atoms with van der Waals surface area (Å²) in [4.78, 5) is 20.2. The van der Waals surface area contributed by atoms with Crippen LogP contribution in [0.5, 0.6) is 5.75 Å². The zero-order chi connectivity index (χ0) is 19.5. The van der Waals surface area contributed by atoms with Gasteiger partial charge in [0.2, 0.25) is 5.91 Å². The van der Waals surface area contributed by atoms with Gasteiger partial charge in [0.1, 0.15) is 18.5 Å². The highest BCUT2D eigenvalue weighted by molar-refractivity contribution is 7.11. The number of hydrogen-bond donors (Lipinski definition) is 0. The first-order valence-electron chi connectivity index (χ1n) is 10.2. The number of hydrogen-bond acceptors (Lipinski definition) is 5. The number of nitrogens with zero attached hydrogens (tertiary/aromatic N) is 2. The highest BCUT2D eigenvalue weighted by atomic mass is 32.1. The molecule has 0 saturated carbocycles. The summed E-state index contributed by atoms with van der Waals surface area (Å²) in [5, 5.41) is 1.01. The van der Waals surface area contributed by atoms with Crippen molar-refractivity contribution in [3.8, 4) is 5.75 Å². The van der Waals surface area contributed by atoms with Crippen LogP contribution in [0.3, 0.4) is 0 Å². The second-order valence-corrected chi connectivity index (χ2v) is 9.10. The third-order valence-electron chi connectivity index (χ3n) is 5.57. The maximum absolute atomic E-state index is 12.7. The first-order chi connectivity index (χ1) is 13.6. The molecule has 1 amide bonds. The Morgan fingerprint density at radius 1 is 1.29 bits per heavy atom. The van der Waals surface area contributed by atoms with E-state index in [1.54, 1.807) is 11.3 Å². The van der Waals surface area contributed by atoms with Crippen LogP contribution in [0.2, 0.25) is 0 Å². The number of morpholine rings is 1. The maximum atomic E-state index is 12.7. The van der Waals surface area contributed by atoms with Gasteiger partial charge >= 0.3 is 0 Å². The first kappa shape index (κ1) is 19.4. The van der Waals surface area contributed by atoms with Crippen LogP contribution in [-0.4, -0.2) is 48.2 Å². The van der Waals surface area contributed by atoms with Crippen LogP contribution in [0.4, 0.5) is 0 Å². The molecular weight excluding hydrogens is 372 g/mol. The fourth-order valence-corrected chi connectivity index (χ4v) is 4.86. The quantitative estimate of drug-likeness (QED) is 0.771. The maximum Gasteiger partial charge on any atom is 0.228 e. The normalized spacial score (nSPS) is 19.4. The van der Waals surface area contributed by atoms with Gasteiger partial charge in [-0.25, -0.2) is 4.98 Å². The van der Waals surface area contributed by atoms with Crippen LogP contribution in [0, 0.1) is 13.8 Å². The number of amides is 1. The number of carbonyl (C=O) groups is 1. The van der Waals surface area contributed by atoms with Gasteiger partial charge in [0, 0.05) is 11.4 Å². The van der Waals surface area contributed by atoms with Crippen molar-refractivity contribution in [1.82, 2.24) is 9.88 Å². The summed E-state index contributed by atoms with van der Waals surface area (Å²) in [5.74, 6) is 1.02. The standard InChI is InChI=1S/C22H28N2O3S/c1-15-21(23-16(2)28-15)12-22(25)24-9-10-26-20(13-24)14-27-19-8-7-17-5-3-4-6-18(17)11-19/h7-8,11,20H,3-6,9-10,12-14H2,1-2H3. The summed E-state index contributed by atoms with van der Waals surface area (Å²) in [7, 11) is 0. The summed E-state index contributed by atoms with van der Waals surface area (Å²) < 4.78 is 11.8. The molecule has 2 heterocycles. The SMILES string of the molecule is Cc1nc(CC(=O)N2CCOC(COc3ccc4c(c3)CCCC4)C2)c(C)s1. The molecule has 1 atom stereocenters. The molecule has 150 valence electrons. The number of aromatic nitrogens is 1. The Hall–Kier alpha value is -1.92. The molecule has 1 fully saturated rings. The Morgan fingerprint density at radius 3 is 2.89 bits per heavy atom. The molecule has 4 rings (SSSR count). The summed E-state index contributed by atoms with van der Waals surface area (Å²) >= 11 is 1.65. The topological polar surface area (TPSA) is 51.7 Å². The molecular formula is C22H28N2O3S. The number of ether oxygens (including phenoxy) is 2. The fourth-order valence-electron chi connectivity index (χ4n) is 4.03. The van der Waals surface area contributed by atoms with E-state index >= 15 is 0 Å². The second kappa shape index (κ2) is 8.62. The van der Waals surface area contributed by atoms with Gasteiger partial charge in [-0.15, -0.1) is 11.3 Å². The number of fused-ring (bicyclic) bond motifs is 1. The van der Waals surface area contributed by atoms with Crippen molar-refractivity contribution in [2.45, 2.75) is 52.1 Å². The number of benzene rings is 1. The molecule has 5 nitrogen and oxygen atoms in total. The lowest BCUT2D eigenvalue weighted by molar-refractivity contribution is -0.139. The Balaban J connectivity index is 1.31. The highest BCUT2D eigenvalue weighted by Crippen LogP contribution is 2.25. The number of rotatable bonds is 5. The molecule has 2 aromatic rings. The summed E-state index contributed by atoms with van der Waals surface area (Å²) in [6, 6.07) is 6.43. The summed E-state index contributed by atoms with van der Waals surface area (Å²) in [5.41, 5.74) is 3.77. The minimum absolute atomic E-state index is 0.0907. The van der Waals surface area contributed by atoms with Crippen molar-refractivity contribution in [3.63, 3.8) is 0 Å². The van der Waals surface area contributed by atoms with Crippen molar-refractivity contribution in [2.24, 2.45) is 0 Å². The average Bonchev–Trinajstić information content (AvgIpc) is 3.03. The monoisotopic (exact) mass is 400 g/mol. The predicted molar refractivity (Wildman–Crippen MR) is 110 cm³/mol. The molecule has 1 aliphatic heterocycles. The zero-order valence-electron chi connectivity index (χ0n) is 16.7. The van der Waals surface area contributed by atoms with Crippen LogP contribution >= 0.6 is 11.3 Å². The number of aryl methyl sites for hydroxylation is 4. The van der Waals surface area contributed by atoms with Crippen LogP contribution in [0.15, 0.2) is 18.2 Å². The Labute approximate surface area is 170 Å². The molecule has 1 saturated heterocycles. The molecule has 28 heavy (non-hydrogen) atoms. The van der Waals surface area contributed by atoms with Crippen LogP contribution < -0.4 is 4.74 Å². The van der Waals surface area contributed by atoms with Gasteiger partial charge in [0.15, 0.2) is 0 Å². The van der Waals surface area contributed by atoms with Crippen molar-refractivity contribution < 1.29 is 14.3 Å². The van der Waals surface area contributed by atoms with Crippen molar-refractivity contribution in [1.29, 1.82) is 0 Å². The van der Waals surface area contributed by atoms with E-state index in [4.69, 9.17) is 9.47 Å². The van der Waals surface area contributed by atoms with Gasteiger partial charge in [0.05, 0.1) is 30.3 Å². The zero-order valence-corrected chi connectivity index (χ0v) is 17.5.